The molecule has 1 aromatic heterocycles. The molecule has 1 aliphatic rings. The molecular weight excluding hydrogens is 271 g/mol. The first-order valence-electron chi connectivity index (χ1n) is 6.99. The predicted molar refractivity (Wildman–Crippen MR) is 81.2 cm³/mol. The number of nitrogens with one attached hydrogen (secondary N) is 1. The van der Waals surface area contributed by atoms with Gasteiger partial charge in [0.1, 0.15) is 5.82 Å². The molecule has 0 radical (unpaired) electrons. The Morgan fingerprint density at radius 3 is 3.05 bits per heavy atom. The highest BCUT2D eigenvalue weighted by molar-refractivity contribution is 7.10. The predicted octanol–water partition coefficient (Wildman–Crippen LogP) is 3.82. The third-order valence-electron chi connectivity index (χ3n) is 4.17. The molecule has 0 spiro atoms. The molecule has 0 saturated carbocycles. The minimum Gasteiger partial charge on any atom is -0.271 e. The average molecular weight is 290 g/mol. The molecule has 3 N–H and O–H groups in total. The van der Waals surface area contributed by atoms with Crippen molar-refractivity contribution in [1.29, 1.82) is 0 Å². The van der Waals surface area contributed by atoms with Crippen LogP contribution in [0.4, 0.5) is 4.39 Å². The van der Waals surface area contributed by atoms with E-state index in [1.54, 1.807) is 17.4 Å². The molecule has 20 heavy (non-hydrogen) atoms. The van der Waals surface area contributed by atoms with Crippen LogP contribution in [0.15, 0.2) is 29.6 Å². The first-order chi connectivity index (χ1) is 9.70. The van der Waals surface area contributed by atoms with Gasteiger partial charge in [0.25, 0.3) is 0 Å². The molecule has 0 amide bonds. The minimum absolute atomic E-state index is 0.163. The van der Waals surface area contributed by atoms with Crippen molar-refractivity contribution >= 4 is 11.3 Å². The maximum absolute atomic E-state index is 14.2. The van der Waals surface area contributed by atoms with E-state index in [0.29, 0.717) is 5.56 Å². The molecule has 0 bridgehead atoms. The Kier molecular flexibility index (Phi) is 3.87. The zero-order chi connectivity index (χ0) is 14.1. The van der Waals surface area contributed by atoms with Gasteiger partial charge in [0, 0.05) is 16.4 Å². The fraction of sp³-hybridized carbons (Fsp3) is 0.375. The zero-order valence-electron chi connectivity index (χ0n) is 11.5. The molecule has 0 saturated heterocycles. The van der Waals surface area contributed by atoms with Crippen molar-refractivity contribution in [1.82, 2.24) is 5.43 Å². The smallest absolute Gasteiger partial charge is 0.128 e. The molecular formula is C16H19FN2S. The summed E-state index contributed by atoms with van der Waals surface area (Å²) in [6.07, 6.45) is 3.33. The van der Waals surface area contributed by atoms with Gasteiger partial charge in [-0.1, -0.05) is 17.7 Å². The number of hydrogen-bond acceptors (Lipinski definition) is 3. The second-order valence-electron chi connectivity index (χ2n) is 5.47. The average Bonchev–Trinajstić information content (AvgIpc) is 2.92. The summed E-state index contributed by atoms with van der Waals surface area (Å²) in [5, 5.41) is 2.13. The van der Waals surface area contributed by atoms with Gasteiger partial charge < -0.3 is 0 Å². The fourth-order valence-electron chi connectivity index (χ4n) is 3.19. The Bertz CT molecular complexity index is 608. The summed E-state index contributed by atoms with van der Waals surface area (Å²) in [7, 11) is 0. The third kappa shape index (κ3) is 2.39. The number of halogens is 1. The summed E-state index contributed by atoms with van der Waals surface area (Å²) in [5.74, 6) is 5.84. The van der Waals surface area contributed by atoms with Crippen LogP contribution >= 0.6 is 11.3 Å². The number of rotatable bonds is 3. The molecule has 0 fully saturated rings. The van der Waals surface area contributed by atoms with Crippen LogP contribution in [0.2, 0.25) is 0 Å². The monoisotopic (exact) mass is 290 g/mol. The Hall–Kier alpha value is -1.23. The van der Waals surface area contributed by atoms with Gasteiger partial charge in [0.05, 0.1) is 6.04 Å². The van der Waals surface area contributed by atoms with Gasteiger partial charge in [-0.15, -0.1) is 11.3 Å². The zero-order valence-corrected chi connectivity index (χ0v) is 12.3. The second kappa shape index (κ2) is 5.64. The van der Waals surface area contributed by atoms with E-state index < -0.39 is 0 Å². The van der Waals surface area contributed by atoms with E-state index in [9.17, 15) is 4.39 Å². The van der Waals surface area contributed by atoms with Crippen molar-refractivity contribution in [3.63, 3.8) is 0 Å². The van der Waals surface area contributed by atoms with Crippen LogP contribution in [-0.2, 0) is 6.42 Å². The second-order valence-corrected chi connectivity index (χ2v) is 6.47. The third-order valence-corrected chi connectivity index (χ3v) is 5.16. The number of nitrogens with two attached hydrogens (primary N) is 1. The molecule has 1 aliphatic carbocycles. The van der Waals surface area contributed by atoms with Crippen LogP contribution in [0.5, 0.6) is 0 Å². The molecule has 0 aliphatic heterocycles. The Morgan fingerprint density at radius 2 is 2.25 bits per heavy atom. The highest BCUT2D eigenvalue weighted by atomic mass is 32.1. The van der Waals surface area contributed by atoms with Crippen molar-refractivity contribution < 1.29 is 4.39 Å². The molecule has 1 heterocycles. The molecule has 2 unspecified atom stereocenters. The van der Waals surface area contributed by atoms with E-state index in [4.69, 9.17) is 5.84 Å². The summed E-state index contributed by atoms with van der Waals surface area (Å²) >= 11 is 1.80. The van der Waals surface area contributed by atoms with Gasteiger partial charge in [-0.3, -0.25) is 11.3 Å². The lowest BCUT2D eigenvalue weighted by Gasteiger charge is -2.31. The van der Waals surface area contributed by atoms with Crippen LogP contribution < -0.4 is 11.3 Å². The van der Waals surface area contributed by atoms with Crippen LogP contribution in [-0.4, -0.2) is 0 Å². The van der Waals surface area contributed by atoms with Crippen molar-refractivity contribution in [3.8, 4) is 0 Å². The maximum Gasteiger partial charge on any atom is 0.128 e. The SMILES string of the molecule is Cc1ccc(F)c(C(NN)C2CCCc3sccc32)c1. The quantitative estimate of drug-likeness (QED) is 0.666. The molecule has 2 aromatic rings. The fourth-order valence-corrected chi connectivity index (χ4v) is 4.19. The topological polar surface area (TPSA) is 38.0 Å². The van der Waals surface area contributed by atoms with Gasteiger partial charge in [-0.25, -0.2) is 4.39 Å². The molecule has 4 heteroatoms. The van der Waals surface area contributed by atoms with Crippen molar-refractivity contribution in [2.45, 2.75) is 38.1 Å². The summed E-state index contributed by atoms with van der Waals surface area (Å²) in [6.45, 7) is 1.98. The number of aryl methyl sites for hydroxylation is 2. The number of hydrogen-bond donors (Lipinski definition) is 2. The van der Waals surface area contributed by atoms with Crippen molar-refractivity contribution in [2.24, 2.45) is 5.84 Å². The number of benzene rings is 1. The van der Waals surface area contributed by atoms with Crippen LogP contribution in [0.3, 0.4) is 0 Å². The van der Waals surface area contributed by atoms with Gasteiger partial charge in [-0.05, 0) is 49.3 Å². The maximum atomic E-state index is 14.2. The first kappa shape index (κ1) is 13.7. The van der Waals surface area contributed by atoms with Crippen LogP contribution in [0.1, 0.15) is 46.4 Å². The van der Waals surface area contributed by atoms with Gasteiger partial charge in [-0.2, -0.15) is 0 Å². The summed E-state index contributed by atoms with van der Waals surface area (Å²) in [6, 6.07) is 7.24. The summed E-state index contributed by atoms with van der Waals surface area (Å²) in [5.41, 5.74) is 5.93. The largest absolute Gasteiger partial charge is 0.271 e. The Morgan fingerprint density at radius 1 is 1.40 bits per heavy atom. The number of thiophene rings is 1. The van der Waals surface area contributed by atoms with E-state index in [1.807, 2.05) is 13.0 Å². The Labute approximate surface area is 122 Å². The van der Waals surface area contributed by atoms with Crippen LogP contribution in [0, 0.1) is 12.7 Å². The summed E-state index contributed by atoms with van der Waals surface area (Å²) in [4.78, 5) is 1.43. The molecule has 2 atom stereocenters. The highest BCUT2D eigenvalue weighted by Gasteiger charge is 2.30. The minimum atomic E-state index is -0.180. The van der Waals surface area contributed by atoms with E-state index in [1.165, 1.54) is 16.5 Å². The molecule has 3 rings (SSSR count). The number of hydrazine groups is 1. The van der Waals surface area contributed by atoms with Crippen LogP contribution in [0.25, 0.3) is 0 Å². The Balaban J connectivity index is 2.01. The van der Waals surface area contributed by atoms with E-state index in [0.717, 1.165) is 24.8 Å². The normalized spacial score (nSPS) is 19.6. The number of fused-ring (bicyclic) bond motifs is 1. The van der Waals surface area contributed by atoms with E-state index in [-0.39, 0.29) is 17.8 Å². The van der Waals surface area contributed by atoms with Gasteiger partial charge in [0.15, 0.2) is 0 Å². The van der Waals surface area contributed by atoms with Crippen molar-refractivity contribution in [2.75, 3.05) is 0 Å². The lowest BCUT2D eigenvalue weighted by molar-refractivity contribution is 0.398. The van der Waals surface area contributed by atoms with E-state index >= 15 is 0 Å². The summed E-state index contributed by atoms with van der Waals surface area (Å²) < 4.78 is 14.2. The lowest BCUT2D eigenvalue weighted by atomic mass is 9.80. The highest BCUT2D eigenvalue weighted by Crippen LogP contribution is 2.42. The van der Waals surface area contributed by atoms with Gasteiger partial charge in [0.2, 0.25) is 0 Å². The molecule has 2 nitrogen and oxygen atoms in total. The van der Waals surface area contributed by atoms with Crippen molar-refractivity contribution in [3.05, 3.63) is 57.0 Å². The standard InChI is InChI=1S/C16H19FN2S/c1-10-5-6-14(17)13(9-10)16(19-18)12-3-2-4-15-11(12)7-8-20-15/h5-9,12,16,19H,2-4,18H2,1H3. The lowest BCUT2D eigenvalue weighted by Crippen LogP contribution is -2.34. The molecule has 106 valence electrons. The molecule has 1 aromatic carbocycles. The first-order valence-corrected chi connectivity index (χ1v) is 7.87. The van der Waals surface area contributed by atoms with E-state index in [2.05, 4.69) is 16.9 Å². The van der Waals surface area contributed by atoms with Gasteiger partial charge >= 0.3 is 0 Å².